The van der Waals surface area contributed by atoms with Crippen molar-refractivity contribution in [2.24, 2.45) is 0 Å². The van der Waals surface area contributed by atoms with E-state index in [9.17, 15) is 4.79 Å². The van der Waals surface area contributed by atoms with Gasteiger partial charge in [-0.2, -0.15) is 0 Å². The highest BCUT2D eigenvalue weighted by Crippen LogP contribution is 2.30. The Morgan fingerprint density at radius 3 is 2.50 bits per heavy atom. The van der Waals surface area contributed by atoms with Crippen LogP contribution < -0.4 is 0 Å². The number of carbonyl (C=O) groups excluding carboxylic acids is 1. The van der Waals surface area contributed by atoms with Crippen LogP contribution in [0.2, 0.25) is 0 Å². The molecule has 14 heavy (non-hydrogen) atoms. The molecule has 2 rings (SSSR count). The van der Waals surface area contributed by atoms with Crippen LogP contribution in [0, 0.1) is 0 Å². The maximum absolute atomic E-state index is 10.7. The van der Waals surface area contributed by atoms with Crippen LogP contribution in [-0.4, -0.2) is 6.29 Å². The fourth-order valence-corrected chi connectivity index (χ4v) is 2.37. The van der Waals surface area contributed by atoms with Gasteiger partial charge in [0.05, 0.1) is 0 Å². The van der Waals surface area contributed by atoms with Crippen LogP contribution in [-0.2, 0) is 12.8 Å². The Bertz CT molecular complexity index is 331. The van der Waals surface area contributed by atoms with Gasteiger partial charge < -0.3 is 0 Å². The molecule has 1 aromatic carbocycles. The van der Waals surface area contributed by atoms with E-state index in [0.29, 0.717) is 0 Å². The van der Waals surface area contributed by atoms with Crippen molar-refractivity contribution in [3.8, 4) is 0 Å². The van der Waals surface area contributed by atoms with Gasteiger partial charge in [-0.15, -0.1) is 0 Å². The molecule has 0 bridgehead atoms. The first-order chi connectivity index (χ1) is 6.83. The second-order valence-electron chi connectivity index (χ2n) is 3.07. The van der Waals surface area contributed by atoms with Crippen molar-refractivity contribution >= 4 is 22.2 Å². The Labute approximate surface area is 93.7 Å². The third-order valence-corrected chi connectivity index (χ3v) is 3.13. The number of carbonyl (C=O) groups is 1. The molecule has 0 aliphatic heterocycles. The largest absolute Gasteiger partial charge is 0.298 e. The molecule has 1 aliphatic carbocycles. The maximum atomic E-state index is 10.7. The lowest BCUT2D eigenvalue weighted by molar-refractivity contribution is 0.112. The SMILES string of the molecule is CC.O=Cc1ccc(Br)c2c1CCC2. The van der Waals surface area contributed by atoms with E-state index in [1.54, 1.807) is 0 Å². The quantitative estimate of drug-likeness (QED) is 0.698. The fourth-order valence-electron chi connectivity index (χ4n) is 1.80. The van der Waals surface area contributed by atoms with E-state index in [-0.39, 0.29) is 0 Å². The summed E-state index contributed by atoms with van der Waals surface area (Å²) in [5.74, 6) is 0. The number of benzene rings is 1. The second kappa shape index (κ2) is 5.30. The Hall–Kier alpha value is -0.630. The first kappa shape index (κ1) is 11.4. The molecule has 1 aliphatic rings. The summed E-state index contributed by atoms with van der Waals surface area (Å²) in [5, 5.41) is 0. The number of hydrogen-bond acceptors (Lipinski definition) is 1. The minimum atomic E-state index is 0.866. The van der Waals surface area contributed by atoms with Crippen LogP contribution in [0.5, 0.6) is 0 Å². The molecule has 0 amide bonds. The van der Waals surface area contributed by atoms with E-state index >= 15 is 0 Å². The molecule has 0 saturated carbocycles. The van der Waals surface area contributed by atoms with Crippen molar-refractivity contribution in [3.63, 3.8) is 0 Å². The van der Waals surface area contributed by atoms with E-state index < -0.39 is 0 Å². The van der Waals surface area contributed by atoms with Crippen molar-refractivity contribution < 1.29 is 4.79 Å². The van der Waals surface area contributed by atoms with Gasteiger partial charge in [0.15, 0.2) is 0 Å². The van der Waals surface area contributed by atoms with Gasteiger partial charge in [-0.1, -0.05) is 35.8 Å². The predicted octanol–water partition coefficient (Wildman–Crippen LogP) is 3.78. The third-order valence-electron chi connectivity index (χ3n) is 2.39. The van der Waals surface area contributed by atoms with E-state index in [4.69, 9.17) is 0 Å². The number of rotatable bonds is 1. The van der Waals surface area contributed by atoms with E-state index in [0.717, 1.165) is 29.2 Å². The summed E-state index contributed by atoms with van der Waals surface area (Å²) in [7, 11) is 0. The minimum absolute atomic E-state index is 0.866. The van der Waals surface area contributed by atoms with Gasteiger partial charge in [-0.05, 0) is 36.5 Å². The maximum Gasteiger partial charge on any atom is 0.150 e. The lowest BCUT2D eigenvalue weighted by Crippen LogP contribution is -1.91. The average molecular weight is 255 g/mol. The zero-order valence-electron chi connectivity index (χ0n) is 8.64. The number of hydrogen-bond donors (Lipinski definition) is 0. The molecule has 1 nitrogen and oxygen atoms in total. The molecule has 0 heterocycles. The van der Waals surface area contributed by atoms with Gasteiger partial charge in [-0.3, -0.25) is 4.79 Å². The second-order valence-corrected chi connectivity index (χ2v) is 3.92. The van der Waals surface area contributed by atoms with Crippen molar-refractivity contribution in [1.29, 1.82) is 0 Å². The average Bonchev–Trinajstić information content (AvgIpc) is 2.71. The molecule has 0 spiro atoms. The van der Waals surface area contributed by atoms with Gasteiger partial charge in [0.1, 0.15) is 6.29 Å². The van der Waals surface area contributed by atoms with Gasteiger partial charge in [0.25, 0.3) is 0 Å². The van der Waals surface area contributed by atoms with Crippen molar-refractivity contribution in [2.75, 3.05) is 0 Å². The summed E-state index contributed by atoms with van der Waals surface area (Å²) >= 11 is 3.49. The summed E-state index contributed by atoms with van der Waals surface area (Å²) in [6.07, 6.45) is 4.30. The lowest BCUT2D eigenvalue weighted by Gasteiger charge is -2.03. The van der Waals surface area contributed by atoms with Crippen LogP contribution in [0.4, 0.5) is 0 Å². The standard InChI is InChI=1S/C10H9BrO.C2H6/c11-10-5-4-7(6-12)8-2-1-3-9(8)10;1-2/h4-6H,1-3H2;1-2H3. The van der Waals surface area contributed by atoms with Crippen molar-refractivity contribution in [2.45, 2.75) is 33.1 Å². The molecular weight excluding hydrogens is 240 g/mol. The summed E-state index contributed by atoms with van der Waals surface area (Å²) in [6.45, 7) is 4.00. The Morgan fingerprint density at radius 1 is 1.21 bits per heavy atom. The van der Waals surface area contributed by atoms with E-state index in [1.807, 2.05) is 26.0 Å². The first-order valence-electron chi connectivity index (χ1n) is 5.08. The normalized spacial score (nSPS) is 12.8. The predicted molar refractivity (Wildman–Crippen MR) is 62.9 cm³/mol. The zero-order valence-corrected chi connectivity index (χ0v) is 10.2. The minimum Gasteiger partial charge on any atom is -0.298 e. The molecule has 76 valence electrons. The van der Waals surface area contributed by atoms with Gasteiger partial charge in [0.2, 0.25) is 0 Å². The Balaban J connectivity index is 0.000000461. The lowest BCUT2D eigenvalue weighted by atomic mass is 10.0. The highest BCUT2D eigenvalue weighted by molar-refractivity contribution is 9.10. The summed E-state index contributed by atoms with van der Waals surface area (Å²) in [6, 6.07) is 3.86. The zero-order chi connectivity index (χ0) is 10.6. The molecular formula is C12H15BrO. The van der Waals surface area contributed by atoms with Crippen LogP contribution in [0.15, 0.2) is 16.6 Å². The van der Waals surface area contributed by atoms with Crippen LogP contribution in [0.25, 0.3) is 0 Å². The number of halogens is 1. The first-order valence-corrected chi connectivity index (χ1v) is 5.87. The van der Waals surface area contributed by atoms with Gasteiger partial charge in [0, 0.05) is 10.0 Å². The molecule has 0 saturated heterocycles. The Morgan fingerprint density at radius 2 is 1.86 bits per heavy atom. The monoisotopic (exact) mass is 254 g/mol. The van der Waals surface area contributed by atoms with E-state index in [2.05, 4.69) is 15.9 Å². The smallest absolute Gasteiger partial charge is 0.150 e. The highest BCUT2D eigenvalue weighted by Gasteiger charge is 2.16. The van der Waals surface area contributed by atoms with Crippen molar-refractivity contribution in [3.05, 3.63) is 33.3 Å². The Kier molecular flexibility index (Phi) is 4.33. The molecule has 1 aromatic rings. The molecule has 0 atom stereocenters. The molecule has 0 N–H and O–H groups in total. The summed E-state index contributed by atoms with van der Waals surface area (Å²) in [5.41, 5.74) is 3.45. The fraction of sp³-hybridized carbons (Fsp3) is 0.417. The molecule has 0 fully saturated rings. The van der Waals surface area contributed by atoms with E-state index in [1.165, 1.54) is 17.5 Å². The summed E-state index contributed by atoms with van der Waals surface area (Å²) < 4.78 is 1.15. The van der Waals surface area contributed by atoms with Crippen molar-refractivity contribution in [1.82, 2.24) is 0 Å². The molecule has 0 radical (unpaired) electrons. The number of fused-ring (bicyclic) bond motifs is 1. The van der Waals surface area contributed by atoms with Gasteiger partial charge in [-0.25, -0.2) is 0 Å². The molecule has 2 heteroatoms. The highest BCUT2D eigenvalue weighted by atomic mass is 79.9. The van der Waals surface area contributed by atoms with Crippen LogP contribution >= 0.6 is 15.9 Å². The summed E-state index contributed by atoms with van der Waals surface area (Å²) in [4.78, 5) is 10.7. The van der Waals surface area contributed by atoms with Crippen LogP contribution in [0.1, 0.15) is 41.8 Å². The van der Waals surface area contributed by atoms with Gasteiger partial charge >= 0.3 is 0 Å². The number of aldehydes is 1. The van der Waals surface area contributed by atoms with Crippen LogP contribution in [0.3, 0.4) is 0 Å². The third kappa shape index (κ3) is 2.06. The molecule has 0 unspecified atom stereocenters. The topological polar surface area (TPSA) is 17.1 Å². The molecule has 0 aromatic heterocycles.